The Hall–Kier alpha value is -8.47. The van der Waals surface area contributed by atoms with Crippen LogP contribution in [0.1, 0.15) is 0 Å². The van der Waals surface area contributed by atoms with Gasteiger partial charge in [0.2, 0.25) is 0 Å². The molecular formula is C59H37N3O. The lowest BCUT2D eigenvalue weighted by Crippen LogP contribution is -2.00. The van der Waals surface area contributed by atoms with Gasteiger partial charge in [-0.05, 0) is 71.3 Å². The van der Waals surface area contributed by atoms with Crippen LogP contribution < -0.4 is 0 Å². The quantitative estimate of drug-likeness (QED) is 0.168. The van der Waals surface area contributed by atoms with Gasteiger partial charge in [-0.2, -0.15) is 0 Å². The van der Waals surface area contributed by atoms with E-state index in [0.717, 1.165) is 78.1 Å². The molecule has 63 heavy (non-hydrogen) atoms. The van der Waals surface area contributed by atoms with Gasteiger partial charge in [-0.1, -0.05) is 170 Å². The van der Waals surface area contributed by atoms with Crippen LogP contribution >= 0.6 is 0 Å². The standard InChI is InChI=1S/C59H37N3O/c1-4-18-38(19-5-1)55-56-49-36-41(32-33-50(49)60-57(39-20-6-2-7-21-39)59(56)63-58(55)40-22-8-3-9-23-40)42-34-43(61-51-28-14-10-24-45(51)46-25-11-15-29-52(46)61)37-44(35-42)62-53-30-16-12-26-47(53)48-27-13-17-31-54(48)62/h1-37H. The Kier molecular flexibility index (Phi) is 7.87. The van der Waals surface area contributed by atoms with Crippen LogP contribution in [0.5, 0.6) is 0 Å². The SMILES string of the molecule is c1ccc(-c2oc3c(-c4ccccc4)nc4ccc(-c5cc(-n6c7ccccc7c7ccccc76)cc(-n6c7ccccc7c7ccccc76)c5)cc4c3c2-c2ccccc2)cc1. The highest BCUT2D eigenvalue weighted by atomic mass is 16.3. The summed E-state index contributed by atoms with van der Waals surface area (Å²) in [6.07, 6.45) is 0. The van der Waals surface area contributed by atoms with E-state index in [-0.39, 0.29) is 0 Å². The second kappa shape index (κ2) is 14.1. The van der Waals surface area contributed by atoms with E-state index in [1.54, 1.807) is 0 Å². The van der Waals surface area contributed by atoms with E-state index in [1.807, 2.05) is 12.1 Å². The van der Waals surface area contributed by atoms with Gasteiger partial charge >= 0.3 is 0 Å². The molecule has 0 spiro atoms. The van der Waals surface area contributed by atoms with Crippen LogP contribution in [0, 0.1) is 0 Å². The Balaban J connectivity index is 1.14. The highest BCUT2D eigenvalue weighted by Crippen LogP contribution is 2.47. The third-order valence-electron chi connectivity index (χ3n) is 12.7. The van der Waals surface area contributed by atoms with Gasteiger partial charge in [0.25, 0.3) is 0 Å². The van der Waals surface area contributed by atoms with E-state index < -0.39 is 0 Å². The molecule has 13 rings (SSSR count). The Morgan fingerprint density at radius 1 is 0.333 bits per heavy atom. The van der Waals surface area contributed by atoms with Crippen molar-refractivity contribution in [3.05, 3.63) is 224 Å². The molecule has 0 atom stereocenters. The Bertz CT molecular complexity index is 3660. The lowest BCUT2D eigenvalue weighted by molar-refractivity contribution is 0.632. The molecule has 13 aromatic rings. The molecule has 0 radical (unpaired) electrons. The molecule has 0 fully saturated rings. The van der Waals surface area contributed by atoms with Gasteiger partial charge in [-0.25, -0.2) is 4.98 Å². The smallest absolute Gasteiger partial charge is 0.162 e. The fraction of sp³-hybridized carbons (Fsp3) is 0. The lowest BCUT2D eigenvalue weighted by atomic mass is 9.94. The molecule has 0 N–H and O–H groups in total. The number of aromatic nitrogens is 3. The molecule has 0 aliphatic rings. The van der Waals surface area contributed by atoms with E-state index in [4.69, 9.17) is 9.40 Å². The average Bonchev–Trinajstić information content (AvgIpc) is 4.03. The van der Waals surface area contributed by atoms with Crippen LogP contribution in [0.3, 0.4) is 0 Å². The molecule has 0 bridgehead atoms. The number of hydrogen-bond donors (Lipinski definition) is 0. The van der Waals surface area contributed by atoms with E-state index in [1.165, 1.54) is 43.6 Å². The van der Waals surface area contributed by atoms with Crippen LogP contribution in [-0.2, 0) is 0 Å². The predicted molar refractivity (Wildman–Crippen MR) is 262 cm³/mol. The summed E-state index contributed by atoms with van der Waals surface area (Å²) in [5.41, 5.74) is 15.7. The van der Waals surface area contributed by atoms with E-state index in [0.29, 0.717) is 0 Å². The third-order valence-corrected chi connectivity index (χ3v) is 12.7. The molecule has 0 aliphatic heterocycles. The zero-order valence-electron chi connectivity index (χ0n) is 34.1. The van der Waals surface area contributed by atoms with E-state index >= 15 is 0 Å². The lowest BCUT2D eigenvalue weighted by Gasteiger charge is -2.16. The Morgan fingerprint density at radius 2 is 0.778 bits per heavy atom. The summed E-state index contributed by atoms with van der Waals surface area (Å²) in [6, 6.07) is 80.3. The first-order valence-electron chi connectivity index (χ1n) is 21.5. The number of para-hydroxylation sites is 4. The van der Waals surface area contributed by atoms with Gasteiger partial charge < -0.3 is 13.6 Å². The number of rotatable bonds is 6. The van der Waals surface area contributed by atoms with Gasteiger partial charge in [0.1, 0.15) is 11.5 Å². The molecule has 0 unspecified atom stereocenters. The summed E-state index contributed by atoms with van der Waals surface area (Å²) in [6.45, 7) is 0. The van der Waals surface area contributed by atoms with Crippen molar-refractivity contribution in [1.29, 1.82) is 0 Å². The minimum Gasteiger partial charge on any atom is -0.453 e. The fourth-order valence-corrected chi connectivity index (χ4v) is 9.93. The molecule has 0 amide bonds. The largest absolute Gasteiger partial charge is 0.453 e. The monoisotopic (exact) mass is 803 g/mol. The highest BCUT2D eigenvalue weighted by molar-refractivity contribution is 6.19. The maximum Gasteiger partial charge on any atom is 0.162 e. The number of nitrogens with zero attached hydrogens (tertiary/aromatic N) is 3. The summed E-state index contributed by atoms with van der Waals surface area (Å²) < 4.78 is 12.0. The van der Waals surface area contributed by atoms with Gasteiger partial charge in [-0.3, -0.25) is 0 Å². The topological polar surface area (TPSA) is 35.9 Å². The molecule has 0 saturated carbocycles. The van der Waals surface area contributed by atoms with Crippen LogP contribution in [-0.4, -0.2) is 14.1 Å². The predicted octanol–water partition coefficient (Wildman–Crippen LogP) is 15.8. The van der Waals surface area contributed by atoms with Gasteiger partial charge in [0.05, 0.1) is 27.6 Å². The molecule has 9 aromatic carbocycles. The van der Waals surface area contributed by atoms with Crippen molar-refractivity contribution < 1.29 is 4.42 Å². The molecule has 0 saturated heterocycles. The summed E-state index contributed by atoms with van der Waals surface area (Å²) >= 11 is 0. The van der Waals surface area contributed by atoms with Gasteiger partial charge in [-0.15, -0.1) is 0 Å². The zero-order valence-corrected chi connectivity index (χ0v) is 34.1. The maximum atomic E-state index is 7.11. The first-order chi connectivity index (χ1) is 31.3. The number of pyridine rings is 1. The molecule has 294 valence electrons. The molecule has 4 heteroatoms. The second-order valence-corrected chi connectivity index (χ2v) is 16.3. The Morgan fingerprint density at radius 3 is 1.29 bits per heavy atom. The van der Waals surface area contributed by atoms with E-state index in [2.05, 4.69) is 221 Å². The van der Waals surface area contributed by atoms with Gasteiger partial charge in [0.15, 0.2) is 5.58 Å². The molecule has 0 aliphatic carbocycles. The van der Waals surface area contributed by atoms with Crippen molar-refractivity contribution in [3.63, 3.8) is 0 Å². The summed E-state index contributed by atoms with van der Waals surface area (Å²) in [5, 5.41) is 7.00. The molecular weight excluding hydrogens is 767 g/mol. The van der Waals surface area contributed by atoms with Gasteiger partial charge in [0, 0.05) is 60.4 Å². The summed E-state index contributed by atoms with van der Waals surface area (Å²) in [7, 11) is 0. The van der Waals surface area contributed by atoms with Crippen LogP contribution in [0.25, 0.3) is 122 Å². The molecule has 4 heterocycles. The number of furan rings is 1. The molecule has 4 nitrogen and oxygen atoms in total. The van der Waals surface area contributed by atoms with Crippen LogP contribution in [0.4, 0.5) is 0 Å². The highest BCUT2D eigenvalue weighted by Gasteiger charge is 2.25. The fourth-order valence-electron chi connectivity index (χ4n) is 9.93. The van der Waals surface area contributed by atoms with E-state index in [9.17, 15) is 0 Å². The first kappa shape index (κ1) is 35.3. The van der Waals surface area contributed by atoms with Crippen molar-refractivity contribution in [3.8, 4) is 56.2 Å². The number of fused-ring (bicyclic) bond motifs is 9. The van der Waals surface area contributed by atoms with Crippen molar-refractivity contribution in [2.75, 3.05) is 0 Å². The van der Waals surface area contributed by atoms with Crippen molar-refractivity contribution in [2.24, 2.45) is 0 Å². The average molecular weight is 804 g/mol. The maximum absolute atomic E-state index is 7.11. The summed E-state index contributed by atoms with van der Waals surface area (Å²) in [5.74, 6) is 0.829. The third kappa shape index (κ3) is 5.52. The minimum atomic E-state index is 0.772. The molecule has 4 aromatic heterocycles. The van der Waals surface area contributed by atoms with Crippen LogP contribution in [0.2, 0.25) is 0 Å². The van der Waals surface area contributed by atoms with Crippen molar-refractivity contribution in [2.45, 2.75) is 0 Å². The van der Waals surface area contributed by atoms with Crippen molar-refractivity contribution >= 4 is 65.5 Å². The summed E-state index contributed by atoms with van der Waals surface area (Å²) in [4.78, 5) is 5.40. The normalized spacial score (nSPS) is 11.8. The number of hydrogen-bond acceptors (Lipinski definition) is 2. The minimum absolute atomic E-state index is 0.772. The van der Waals surface area contributed by atoms with Crippen LogP contribution in [0.15, 0.2) is 229 Å². The number of benzene rings is 9. The first-order valence-corrected chi connectivity index (χ1v) is 21.5. The zero-order chi connectivity index (χ0) is 41.4. The Labute approximate surface area is 363 Å². The van der Waals surface area contributed by atoms with Crippen molar-refractivity contribution in [1.82, 2.24) is 14.1 Å². The second-order valence-electron chi connectivity index (χ2n) is 16.3.